The van der Waals surface area contributed by atoms with E-state index in [-0.39, 0.29) is 16.0 Å². The summed E-state index contributed by atoms with van der Waals surface area (Å²) in [6.45, 7) is 1.81. The van der Waals surface area contributed by atoms with Crippen molar-refractivity contribution in [1.29, 1.82) is 0 Å². The molecule has 3 rings (SSSR count). The standard InChI is InChI=1S/C17H13O6S2/c1-12-8-10-14(11-9-12)25(21,22)23-15-6-2-4-13-5-3-7-16(17(13)15)24(18,19)20/h2-11H,1H3. The second-order valence-corrected chi connectivity index (χ2v) is 8.31. The van der Waals surface area contributed by atoms with E-state index in [1.54, 1.807) is 24.3 Å². The molecule has 129 valence electrons. The maximum atomic E-state index is 12.5. The third kappa shape index (κ3) is 3.51. The van der Waals surface area contributed by atoms with Crippen molar-refractivity contribution in [1.82, 2.24) is 0 Å². The van der Waals surface area contributed by atoms with Crippen LogP contribution in [-0.2, 0) is 24.8 Å². The summed E-state index contributed by atoms with van der Waals surface area (Å²) in [6, 6.07) is 14.5. The van der Waals surface area contributed by atoms with E-state index in [4.69, 9.17) is 4.18 Å². The second kappa shape index (κ2) is 6.14. The SMILES string of the molecule is Cc1ccc(S(=O)(=O)Oc2cccc3cccc(S([O])(=O)=O)c23)cc1. The van der Waals surface area contributed by atoms with Gasteiger partial charge in [-0.1, -0.05) is 46.5 Å². The molecule has 0 amide bonds. The van der Waals surface area contributed by atoms with Crippen LogP contribution in [0.1, 0.15) is 5.56 Å². The Morgan fingerprint density at radius 2 is 1.40 bits per heavy atom. The van der Waals surface area contributed by atoms with Gasteiger partial charge in [-0.05, 0) is 36.6 Å². The first kappa shape index (κ1) is 17.4. The number of rotatable bonds is 4. The summed E-state index contributed by atoms with van der Waals surface area (Å²) in [5.74, 6) is -0.215. The zero-order valence-electron chi connectivity index (χ0n) is 13.0. The molecule has 3 aromatic rings. The predicted molar refractivity (Wildman–Crippen MR) is 90.8 cm³/mol. The maximum absolute atomic E-state index is 12.5. The van der Waals surface area contributed by atoms with Crippen molar-refractivity contribution in [2.75, 3.05) is 0 Å². The minimum absolute atomic E-state index is 0.0595. The van der Waals surface area contributed by atoms with Crippen molar-refractivity contribution in [3.8, 4) is 5.75 Å². The fourth-order valence-corrected chi connectivity index (χ4v) is 4.08. The molecule has 8 heteroatoms. The fraction of sp³-hybridized carbons (Fsp3) is 0.0588. The molecule has 0 aliphatic carbocycles. The van der Waals surface area contributed by atoms with Crippen LogP contribution in [0.4, 0.5) is 0 Å². The second-order valence-electron chi connectivity index (χ2n) is 5.42. The van der Waals surface area contributed by atoms with Gasteiger partial charge >= 0.3 is 20.2 Å². The number of hydrogen-bond acceptors (Lipinski definition) is 5. The summed E-state index contributed by atoms with van der Waals surface area (Å²) in [6.07, 6.45) is 0. The molecule has 0 aliphatic rings. The molecule has 0 unspecified atom stereocenters. The lowest BCUT2D eigenvalue weighted by atomic mass is 10.1. The Kier molecular flexibility index (Phi) is 4.28. The first-order valence-electron chi connectivity index (χ1n) is 7.17. The smallest absolute Gasteiger partial charge is 0.339 e. The largest absolute Gasteiger partial charge is 0.378 e. The maximum Gasteiger partial charge on any atom is 0.339 e. The average molecular weight is 377 g/mol. The Balaban J connectivity index is 2.18. The molecule has 25 heavy (non-hydrogen) atoms. The van der Waals surface area contributed by atoms with Crippen molar-refractivity contribution >= 4 is 31.0 Å². The summed E-state index contributed by atoms with van der Waals surface area (Å²) < 4.78 is 64.6. The van der Waals surface area contributed by atoms with Gasteiger partial charge in [0.15, 0.2) is 5.75 Å². The van der Waals surface area contributed by atoms with Gasteiger partial charge in [0, 0.05) is 5.39 Å². The zero-order chi connectivity index (χ0) is 18.2. The number of aryl methyl sites for hydroxylation is 1. The van der Waals surface area contributed by atoms with Crippen molar-refractivity contribution < 1.29 is 25.6 Å². The first-order chi connectivity index (χ1) is 11.7. The van der Waals surface area contributed by atoms with Crippen LogP contribution < -0.4 is 4.18 Å². The number of fused-ring (bicyclic) bond motifs is 1. The highest BCUT2D eigenvalue weighted by Gasteiger charge is 2.22. The molecule has 0 saturated carbocycles. The van der Waals surface area contributed by atoms with E-state index < -0.39 is 25.1 Å². The van der Waals surface area contributed by atoms with Gasteiger partial charge in [-0.25, -0.2) is 0 Å². The molecule has 0 spiro atoms. The van der Waals surface area contributed by atoms with Crippen LogP contribution in [0.15, 0.2) is 70.5 Å². The summed E-state index contributed by atoms with van der Waals surface area (Å²) in [5.41, 5.74) is 0.879. The van der Waals surface area contributed by atoms with E-state index in [2.05, 4.69) is 0 Å². The van der Waals surface area contributed by atoms with Crippen LogP contribution in [0.25, 0.3) is 10.8 Å². The number of hydrogen-bond donors (Lipinski definition) is 0. The fourth-order valence-electron chi connectivity index (χ4n) is 2.42. The van der Waals surface area contributed by atoms with Gasteiger partial charge in [-0.3, -0.25) is 0 Å². The Morgan fingerprint density at radius 3 is 2.00 bits per heavy atom. The zero-order valence-corrected chi connectivity index (χ0v) is 14.7. The highest BCUT2D eigenvalue weighted by Crippen LogP contribution is 2.33. The first-order valence-corrected chi connectivity index (χ1v) is 9.99. The Labute approximate surface area is 145 Å². The lowest BCUT2D eigenvalue weighted by molar-refractivity contribution is 0.414. The lowest BCUT2D eigenvalue weighted by Crippen LogP contribution is -2.10. The Morgan fingerprint density at radius 1 is 0.800 bits per heavy atom. The van der Waals surface area contributed by atoms with E-state index >= 15 is 0 Å². The molecule has 6 nitrogen and oxygen atoms in total. The van der Waals surface area contributed by atoms with Gasteiger partial charge in [0.05, 0.1) is 0 Å². The Hall–Kier alpha value is -2.42. The molecule has 3 aromatic carbocycles. The molecule has 0 atom stereocenters. The Bertz CT molecular complexity index is 1140. The van der Waals surface area contributed by atoms with Crippen molar-refractivity contribution in [3.63, 3.8) is 0 Å². The highest BCUT2D eigenvalue weighted by molar-refractivity contribution is 7.87. The van der Waals surface area contributed by atoms with Gasteiger partial charge in [0.25, 0.3) is 0 Å². The summed E-state index contributed by atoms with van der Waals surface area (Å²) >= 11 is 0. The summed E-state index contributed by atoms with van der Waals surface area (Å²) in [5, 5.41) is 0.323. The molecule has 0 fully saturated rings. The van der Waals surface area contributed by atoms with Crippen molar-refractivity contribution in [3.05, 3.63) is 66.2 Å². The molecular weight excluding hydrogens is 364 g/mol. The molecule has 0 bridgehead atoms. The summed E-state index contributed by atoms with van der Waals surface area (Å²) in [7, 11) is -8.98. The molecule has 0 aromatic heterocycles. The lowest BCUT2D eigenvalue weighted by Gasteiger charge is -2.11. The van der Waals surface area contributed by atoms with Gasteiger partial charge in [0.1, 0.15) is 9.79 Å². The molecule has 1 radical (unpaired) electrons. The minimum Gasteiger partial charge on any atom is -0.378 e. The van der Waals surface area contributed by atoms with Crippen LogP contribution in [0.5, 0.6) is 5.75 Å². The van der Waals surface area contributed by atoms with Gasteiger partial charge in [-0.2, -0.15) is 16.8 Å². The van der Waals surface area contributed by atoms with Crippen LogP contribution in [0, 0.1) is 6.92 Å². The van der Waals surface area contributed by atoms with E-state index in [1.807, 2.05) is 6.92 Å². The third-order valence-electron chi connectivity index (χ3n) is 3.61. The average Bonchev–Trinajstić information content (AvgIpc) is 2.54. The number of benzene rings is 3. The molecule has 0 aliphatic heterocycles. The van der Waals surface area contributed by atoms with E-state index in [9.17, 15) is 21.4 Å². The highest BCUT2D eigenvalue weighted by atomic mass is 32.2. The van der Waals surface area contributed by atoms with Crippen molar-refractivity contribution in [2.24, 2.45) is 0 Å². The molecule has 0 saturated heterocycles. The minimum atomic E-state index is -4.80. The monoisotopic (exact) mass is 377 g/mol. The van der Waals surface area contributed by atoms with Crippen LogP contribution >= 0.6 is 0 Å². The molecule has 0 N–H and O–H groups in total. The van der Waals surface area contributed by atoms with Gasteiger partial charge in [-0.15, -0.1) is 0 Å². The summed E-state index contributed by atoms with van der Waals surface area (Å²) in [4.78, 5) is -0.600. The molecular formula is C17H13O6S2. The van der Waals surface area contributed by atoms with E-state index in [1.165, 1.54) is 30.3 Å². The van der Waals surface area contributed by atoms with Crippen molar-refractivity contribution in [2.45, 2.75) is 16.7 Å². The topological polar surface area (TPSA) is 97.4 Å². The van der Waals surface area contributed by atoms with Gasteiger partial charge in [0.2, 0.25) is 0 Å². The third-order valence-corrected chi connectivity index (χ3v) is 5.73. The van der Waals surface area contributed by atoms with E-state index in [0.29, 0.717) is 5.39 Å². The van der Waals surface area contributed by atoms with Crippen LogP contribution in [-0.4, -0.2) is 16.8 Å². The van der Waals surface area contributed by atoms with Crippen LogP contribution in [0.3, 0.4) is 0 Å². The van der Waals surface area contributed by atoms with E-state index in [0.717, 1.165) is 11.6 Å². The molecule has 0 heterocycles. The normalized spacial score (nSPS) is 12.2. The van der Waals surface area contributed by atoms with Crippen LogP contribution in [0.2, 0.25) is 0 Å². The quantitative estimate of drug-likeness (QED) is 0.651. The predicted octanol–water partition coefficient (Wildman–Crippen LogP) is 3.04. The van der Waals surface area contributed by atoms with Gasteiger partial charge < -0.3 is 4.18 Å².